The maximum absolute atomic E-state index is 13.2. The lowest BCUT2D eigenvalue weighted by Gasteiger charge is -2.20. The quantitative estimate of drug-likeness (QED) is 0.712. The Morgan fingerprint density at radius 2 is 1.67 bits per heavy atom. The highest BCUT2D eigenvalue weighted by Crippen LogP contribution is 2.46. The van der Waals surface area contributed by atoms with E-state index in [1.54, 1.807) is 17.3 Å². The third kappa shape index (κ3) is 3.04. The van der Waals surface area contributed by atoms with Crippen molar-refractivity contribution in [2.75, 3.05) is 16.8 Å². The second-order valence-electron chi connectivity index (χ2n) is 7.60. The molecule has 0 aliphatic carbocycles. The van der Waals surface area contributed by atoms with Crippen molar-refractivity contribution < 1.29 is 14.7 Å². The van der Waals surface area contributed by atoms with Crippen LogP contribution < -0.4 is 9.80 Å². The number of carbonyl (C=O) groups is 2. The first-order chi connectivity index (χ1) is 14.2. The Morgan fingerprint density at radius 3 is 2.27 bits per heavy atom. The van der Waals surface area contributed by atoms with E-state index in [1.165, 1.54) is 19.4 Å². The molecule has 0 saturated carbocycles. The van der Waals surface area contributed by atoms with E-state index in [2.05, 4.69) is 19.9 Å². The van der Waals surface area contributed by atoms with Crippen LogP contribution in [-0.2, 0) is 10.2 Å². The van der Waals surface area contributed by atoms with Crippen molar-refractivity contribution in [3.63, 3.8) is 0 Å². The van der Waals surface area contributed by atoms with Crippen molar-refractivity contribution in [3.05, 3.63) is 54.4 Å². The Hall–Kier alpha value is -3.88. The largest absolute Gasteiger partial charge is 0.465 e. The van der Waals surface area contributed by atoms with Gasteiger partial charge in [0, 0.05) is 25.0 Å². The second-order valence-corrected chi connectivity index (χ2v) is 7.60. The van der Waals surface area contributed by atoms with Crippen molar-refractivity contribution in [1.29, 1.82) is 0 Å². The highest BCUT2D eigenvalue weighted by Gasteiger charge is 2.44. The average molecular weight is 404 g/mol. The van der Waals surface area contributed by atoms with Crippen LogP contribution in [0.2, 0.25) is 0 Å². The standard InChI is InChI=1S/C21H20N6O3/c1-12-22-8-14(9-23-12)13-5-6-16-17(7-13)27(18(28)21(16,2)3)15-10-24-19(25-11-15)26(4)20(29)30/h5-11H,1-4H3,(H,29,30). The van der Waals surface area contributed by atoms with Crippen molar-refractivity contribution >= 4 is 29.3 Å². The van der Waals surface area contributed by atoms with Gasteiger partial charge in [0.15, 0.2) is 0 Å². The van der Waals surface area contributed by atoms with Crippen molar-refractivity contribution in [2.24, 2.45) is 0 Å². The smallest absolute Gasteiger partial charge is 0.413 e. The van der Waals surface area contributed by atoms with Crippen LogP contribution >= 0.6 is 0 Å². The molecule has 0 atom stereocenters. The van der Waals surface area contributed by atoms with Crippen molar-refractivity contribution in [2.45, 2.75) is 26.2 Å². The number of aromatic nitrogens is 4. The summed E-state index contributed by atoms with van der Waals surface area (Å²) in [6, 6.07) is 5.82. The molecule has 1 aliphatic rings. The maximum atomic E-state index is 13.2. The minimum atomic E-state index is -1.17. The summed E-state index contributed by atoms with van der Waals surface area (Å²) in [6.07, 6.45) is 5.22. The fourth-order valence-electron chi connectivity index (χ4n) is 3.42. The normalized spacial score (nSPS) is 14.5. The maximum Gasteiger partial charge on any atom is 0.413 e. The van der Waals surface area contributed by atoms with Crippen molar-refractivity contribution in [1.82, 2.24) is 19.9 Å². The molecule has 1 aliphatic heterocycles. The molecule has 1 aromatic carbocycles. The summed E-state index contributed by atoms with van der Waals surface area (Å²) in [6.45, 7) is 5.56. The predicted octanol–water partition coefficient (Wildman–Crippen LogP) is 3.31. The van der Waals surface area contributed by atoms with E-state index < -0.39 is 11.5 Å². The zero-order valence-electron chi connectivity index (χ0n) is 17.0. The minimum absolute atomic E-state index is 0.0305. The molecule has 152 valence electrons. The minimum Gasteiger partial charge on any atom is -0.465 e. The topological polar surface area (TPSA) is 112 Å². The van der Waals surface area contributed by atoms with Crippen LogP contribution in [0.15, 0.2) is 43.0 Å². The van der Waals surface area contributed by atoms with Gasteiger partial charge in [-0.05, 0) is 38.0 Å². The SMILES string of the molecule is Cc1ncc(-c2ccc3c(c2)N(c2cnc(N(C)C(=O)O)nc2)C(=O)C3(C)C)cn1. The Kier molecular flexibility index (Phi) is 4.45. The first-order valence-electron chi connectivity index (χ1n) is 9.27. The van der Waals surface area contributed by atoms with Gasteiger partial charge in [0.25, 0.3) is 0 Å². The summed E-state index contributed by atoms with van der Waals surface area (Å²) in [5.74, 6) is 0.599. The van der Waals surface area contributed by atoms with Gasteiger partial charge in [-0.25, -0.2) is 29.6 Å². The third-order valence-electron chi connectivity index (χ3n) is 5.23. The fourth-order valence-corrected chi connectivity index (χ4v) is 3.42. The Bertz CT molecular complexity index is 1140. The van der Waals surface area contributed by atoms with E-state index in [9.17, 15) is 9.59 Å². The van der Waals surface area contributed by atoms with Crippen LogP contribution in [0, 0.1) is 6.92 Å². The predicted molar refractivity (Wildman–Crippen MR) is 111 cm³/mol. The molecule has 2 aromatic heterocycles. The summed E-state index contributed by atoms with van der Waals surface area (Å²) in [4.78, 5) is 43.5. The van der Waals surface area contributed by atoms with Gasteiger partial charge in [-0.1, -0.05) is 12.1 Å². The van der Waals surface area contributed by atoms with Crippen LogP contribution in [0.1, 0.15) is 25.2 Å². The molecule has 3 aromatic rings. The molecule has 9 heteroatoms. The van der Waals surface area contributed by atoms with E-state index in [4.69, 9.17) is 5.11 Å². The molecule has 0 spiro atoms. The zero-order chi connectivity index (χ0) is 21.6. The Morgan fingerprint density at radius 1 is 1.03 bits per heavy atom. The number of aryl methyl sites for hydroxylation is 1. The van der Waals surface area contributed by atoms with E-state index in [-0.39, 0.29) is 11.9 Å². The van der Waals surface area contributed by atoms with Gasteiger partial charge in [-0.15, -0.1) is 0 Å². The monoisotopic (exact) mass is 404 g/mol. The molecule has 3 heterocycles. The number of benzene rings is 1. The number of hydrogen-bond acceptors (Lipinski definition) is 6. The van der Waals surface area contributed by atoms with Gasteiger partial charge in [0.2, 0.25) is 11.9 Å². The summed E-state index contributed by atoms with van der Waals surface area (Å²) in [5.41, 5.74) is 3.07. The molecule has 9 nitrogen and oxygen atoms in total. The summed E-state index contributed by atoms with van der Waals surface area (Å²) >= 11 is 0. The first-order valence-corrected chi connectivity index (χ1v) is 9.27. The van der Waals surface area contributed by atoms with Crippen LogP contribution in [0.25, 0.3) is 11.1 Å². The van der Waals surface area contributed by atoms with Crippen LogP contribution in [0.4, 0.5) is 22.1 Å². The summed E-state index contributed by atoms with van der Waals surface area (Å²) in [5, 5.41) is 9.08. The number of carboxylic acid groups (broad SMARTS) is 1. The molecular weight excluding hydrogens is 384 g/mol. The average Bonchev–Trinajstić information content (AvgIpc) is 2.93. The third-order valence-corrected chi connectivity index (χ3v) is 5.23. The van der Waals surface area contributed by atoms with Gasteiger partial charge in [-0.2, -0.15) is 0 Å². The lowest BCUT2D eigenvalue weighted by Crippen LogP contribution is -2.33. The number of anilines is 3. The van der Waals surface area contributed by atoms with Gasteiger partial charge in [-0.3, -0.25) is 9.69 Å². The number of nitrogens with zero attached hydrogens (tertiary/aromatic N) is 6. The van der Waals surface area contributed by atoms with Crippen molar-refractivity contribution in [3.8, 4) is 11.1 Å². The van der Waals surface area contributed by atoms with Crippen LogP contribution in [0.5, 0.6) is 0 Å². The van der Waals surface area contributed by atoms with Gasteiger partial charge in [0.1, 0.15) is 5.82 Å². The van der Waals surface area contributed by atoms with Gasteiger partial charge >= 0.3 is 6.09 Å². The molecule has 4 rings (SSSR count). The summed E-state index contributed by atoms with van der Waals surface area (Å²) in [7, 11) is 1.35. The van der Waals surface area contributed by atoms with E-state index in [0.717, 1.165) is 27.3 Å². The molecule has 0 unspecified atom stereocenters. The molecule has 0 radical (unpaired) electrons. The highest BCUT2D eigenvalue weighted by atomic mass is 16.4. The van der Waals surface area contributed by atoms with Gasteiger partial charge in [0.05, 0.1) is 29.2 Å². The van der Waals surface area contributed by atoms with E-state index >= 15 is 0 Å². The van der Waals surface area contributed by atoms with E-state index in [0.29, 0.717) is 11.5 Å². The van der Waals surface area contributed by atoms with Crippen LogP contribution in [0.3, 0.4) is 0 Å². The molecule has 2 amide bonds. The Labute approximate surface area is 173 Å². The summed E-state index contributed by atoms with van der Waals surface area (Å²) < 4.78 is 0. The zero-order valence-corrected chi connectivity index (χ0v) is 17.0. The number of carbonyl (C=O) groups excluding carboxylic acids is 1. The first kappa shape index (κ1) is 19.4. The van der Waals surface area contributed by atoms with Gasteiger partial charge < -0.3 is 5.11 Å². The lowest BCUT2D eigenvalue weighted by atomic mass is 9.85. The fraction of sp³-hybridized carbons (Fsp3) is 0.238. The van der Waals surface area contributed by atoms with E-state index in [1.807, 2.05) is 39.0 Å². The number of fused-ring (bicyclic) bond motifs is 1. The number of hydrogen-bond donors (Lipinski definition) is 1. The number of rotatable bonds is 3. The second kappa shape index (κ2) is 6.87. The molecular formula is C21H20N6O3. The number of amides is 2. The molecule has 0 fully saturated rings. The molecule has 1 N–H and O–H groups in total. The molecule has 0 saturated heterocycles. The Balaban J connectivity index is 1.79. The lowest BCUT2D eigenvalue weighted by molar-refractivity contribution is -0.121. The van der Waals surface area contributed by atoms with Crippen LogP contribution in [-0.4, -0.2) is 44.1 Å². The highest BCUT2D eigenvalue weighted by molar-refractivity contribution is 6.12. The molecule has 30 heavy (non-hydrogen) atoms. The molecule has 0 bridgehead atoms.